The van der Waals surface area contributed by atoms with Crippen LogP contribution in [-0.2, 0) is 20.3 Å². The molecule has 1 aromatic heterocycles. The van der Waals surface area contributed by atoms with Gasteiger partial charge < -0.3 is 9.30 Å². The van der Waals surface area contributed by atoms with E-state index >= 15 is 0 Å². The van der Waals surface area contributed by atoms with Crippen LogP contribution in [0.15, 0.2) is 42.5 Å². The van der Waals surface area contributed by atoms with E-state index in [1.807, 2.05) is 11.9 Å². The summed E-state index contributed by atoms with van der Waals surface area (Å²) in [5.41, 5.74) is 1.19. The second-order valence-electron chi connectivity index (χ2n) is 6.27. The molecule has 0 unspecified atom stereocenters. The molecule has 3 aromatic rings. The van der Waals surface area contributed by atoms with Crippen LogP contribution < -0.4 is 4.74 Å². The largest absolute Gasteiger partial charge is 0.494 e. The number of ether oxygens (including phenoxy) is 1. The lowest BCUT2D eigenvalue weighted by atomic mass is 10.2. The fourth-order valence-corrected chi connectivity index (χ4v) is 3.04. The van der Waals surface area contributed by atoms with Crippen molar-refractivity contribution in [2.75, 3.05) is 14.2 Å². The van der Waals surface area contributed by atoms with Crippen LogP contribution in [0.3, 0.4) is 0 Å². The van der Waals surface area contributed by atoms with Crippen LogP contribution in [0.1, 0.15) is 5.56 Å². The molecule has 0 amide bonds. The molecule has 0 aliphatic carbocycles. The monoisotopic (exact) mass is 390 g/mol. The number of methoxy groups -OCH3 is 1. The molecule has 0 N–H and O–H groups in total. The van der Waals surface area contributed by atoms with Crippen LogP contribution in [0.5, 0.6) is 5.75 Å². The summed E-state index contributed by atoms with van der Waals surface area (Å²) in [4.78, 5) is 1.94. The van der Waals surface area contributed by atoms with E-state index in [1.165, 1.54) is 19.2 Å². The number of hydrogen-bond donors (Lipinski definition) is 0. The van der Waals surface area contributed by atoms with Gasteiger partial charge in [-0.15, -0.1) is 0 Å². The summed E-state index contributed by atoms with van der Waals surface area (Å²) < 4.78 is 36.7. The van der Waals surface area contributed by atoms with E-state index in [9.17, 15) is 8.78 Å². The molecule has 0 bridgehead atoms. The molecule has 1 heterocycles. The zero-order valence-electron chi connectivity index (χ0n) is 15.3. The molecule has 0 atom stereocenters. The topological polar surface area (TPSA) is 35.2 Å². The van der Waals surface area contributed by atoms with Crippen molar-refractivity contribution in [2.24, 2.45) is 7.05 Å². The summed E-state index contributed by atoms with van der Waals surface area (Å²) >= 11 is 5.43. The Labute approximate surface area is 161 Å². The highest BCUT2D eigenvalue weighted by atomic mass is 32.1. The second kappa shape index (κ2) is 7.98. The number of aromatic nitrogens is 3. The molecule has 3 rings (SSSR count). The Kier molecular flexibility index (Phi) is 5.67. The molecule has 2 aromatic carbocycles. The number of rotatable bonds is 6. The van der Waals surface area contributed by atoms with Gasteiger partial charge in [-0.3, -0.25) is 4.90 Å². The maximum absolute atomic E-state index is 14.1. The predicted molar refractivity (Wildman–Crippen MR) is 102 cm³/mol. The number of benzene rings is 2. The third-order valence-corrected chi connectivity index (χ3v) is 4.68. The van der Waals surface area contributed by atoms with Crippen molar-refractivity contribution < 1.29 is 13.5 Å². The van der Waals surface area contributed by atoms with Crippen LogP contribution in [-0.4, -0.2) is 33.4 Å². The SMILES string of the molecule is COc1ccc(CN(C)Cn2nc(-c3ccccc3F)n(C)c2=S)cc1F. The van der Waals surface area contributed by atoms with E-state index in [0.29, 0.717) is 29.4 Å². The van der Waals surface area contributed by atoms with Gasteiger partial charge >= 0.3 is 0 Å². The van der Waals surface area contributed by atoms with Crippen LogP contribution in [0.4, 0.5) is 8.78 Å². The average molecular weight is 390 g/mol. The first-order valence-electron chi connectivity index (χ1n) is 8.30. The van der Waals surface area contributed by atoms with Crippen LogP contribution in [0.2, 0.25) is 0 Å². The number of hydrogen-bond acceptors (Lipinski definition) is 4. The standard InChI is InChI=1S/C19H20F2N4OS/c1-23(11-13-8-9-17(26-3)16(21)10-13)12-25-19(27)24(2)18(22-25)14-6-4-5-7-15(14)20/h4-10H,11-12H2,1-3H3. The van der Waals surface area contributed by atoms with E-state index in [-0.39, 0.29) is 11.6 Å². The van der Waals surface area contributed by atoms with E-state index in [0.717, 1.165) is 5.56 Å². The molecule has 5 nitrogen and oxygen atoms in total. The minimum atomic E-state index is -0.403. The summed E-state index contributed by atoms with van der Waals surface area (Å²) in [6.07, 6.45) is 0. The number of nitrogens with zero attached hydrogens (tertiary/aromatic N) is 4. The maximum Gasteiger partial charge on any atom is 0.199 e. The highest BCUT2D eigenvalue weighted by Gasteiger charge is 2.14. The smallest absolute Gasteiger partial charge is 0.199 e. The van der Waals surface area contributed by atoms with Crippen molar-refractivity contribution in [2.45, 2.75) is 13.2 Å². The fourth-order valence-electron chi connectivity index (χ4n) is 2.86. The van der Waals surface area contributed by atoms with Crippen LogP contribution >= 0.6 is 12.2 Å². The zero-order valence-corrected chi connectivity index (χ0v) is 16.1. The molecular formula is C19H20F2N4OS. The predicted octanol–water partition coefficient (Wildman–Crippen LogP) is 3.99. The fraction of sp³-hybridized carbons (Fsp3) is 0.263. The van der Waals surface area contributed by atoms with Gasteiger partial charge in [-0.2, -0.15) is 5.10 Å². The van der Waals surface area contributed by atoms with Gasteiger partial charge in [0, 0.05) is 13.6 Å². The van der Waals surface area contributed by atoms with Crippen LogP contribution in [0, 0.1) is 16.4 Å². The number of halogens is 2. The Morgan fingerprint density at radius 2 is 1.89 bits per heavy atom. The van der Waals surface area contributed by atoms with Gasteiger partial charge in [0.05, 0.1) is 19.3 Å². The van der Waals surface area contributed by atoms with Gasteiger partial charge in [0.1, 0.15) is 5.82 Å². The van der Waals surface area contributed by atoms with Crippen LogP contribution in [0.25, 0.3) is 11.4 Å². The molecule has 0 radical (unpaired) electrons. The zero-order chi connectivity index (χ0) is 19.6. The molecule has 0 saturated heterocycles. The Morgan fingerprint density at radius 3 is 2.56 bits per heavy atom. The molecule has 27 heavy (non-hydrogen) atoms. The maximum atomic E-state index is 14.1. The first kappa shape index (κ1) is 19.2. The molecule has 8 heteroatoms. The summed E-state index contributed by atoms with van der Waals surface area (Å²) in [7, 11) is 5.06. The second-order valence-corrected chi connectivity index (χ2v) is 6.63. The highest BCUT2D eigenvalue weighted by Crippen LogP contribution is 2.21. The van der Waals surface area contributed by atoms with Crippen molar-refractivity contribution in [3.8, 4) is 17.1 Å². The summed E-state index contributed by atoms with van der Waals surface area (Å²) in [5, 5.41) is 4.47. The molecule has 142 valence electrons. The molecule has 0 aliphatic rings. The molecule has 0 fully saturated rings. The van der Waals surface area contributed by atoms with Gasteiger partial charge in [-0.05, 0) is 49.1 Å². The minimum absolute atomic E-state index is 0.211. The highest BCUT2D eigenvalue weighted by molar-refractivity contribution is 7.71. The van der Waals surface area contributed by atoms with Crippen molar-refractivity contribution in [1.29, 1.82) is 0 Å². The lowest BCUT2D eigenvalue weighted by molar-refractivity contribution is 0.243. The normalized spacial score (nSPS) is 11.2. The van der Waals surface area contributed by atoms with Crippen molar-refractivity contribution in [3.63, 3.8) is 0 Å². The average Bonchev–Trinajstić information content (AvgIpc) is 2.90. The molecule has 0 saturated carbocycles. The van der Waals surface area contributed by atoms with Crippen molar-refractivity contribution in [3.05, 3.63) is 64.4 Å². The summed E-state index contributed by atoms with van der Waals surface area (Å²) in [6, 6.07) is 11.3. The van der Waals surface area contributed by atoms with E-state index in [4.69, 9.17) is 17.0 Å². The Hall–Kier alpha value is -2.58. The third kappa shape index (κ3) is 4.06. The summed E-state index contributed by atoms with van der Waals surface area (Å²) in [6.45, 7) is 0.878. The lowest BCUT2D eigenvalue weighted by Gasteiger charge is -2.16. The van der Waals surface area contributed by atoms with Crippen molar-refractivity contribution in [1.82, 2.24) is 19.2 Å². The molecule has 0 aliphatic heterocycles. The molecule has 0 spiro atoms. The van der Waals surface area contributed by atoms with Gasteiger partial charge in [0.15, 0.2) is 22.2 Å². The first-order valence-corrected chi connectivity index (χ1v) is 8.71. The van der Waals surface area contributed by atoms with Gasteiger partial charge in [0.25, 0.3) is 0 Å². The third-order valence-electron chi connectivity index (χ3n) is 4.20. The minimum Gasteiger partial charge on any atom is -0.494 e. The van der Waals surface area contributed by atoms with Gasteiger partial charge in [-0.1, -0.05) is 18.2 Å². The quantitative estimate of drug-likeness (QED) is 0.596. The van der Waals surface area contributed by atoms with Gasteiger partial charge in [-0.25, -0.2) is 13.5 Å². The van der Waals surface area contributed by atoms with E-state index in [2.05, 4.69) is 5.10 Å². The Bertz CT molecular complexity index is 1020. The van der Waals surface area contributed by atoms with Crippen molar-refractivity contribution >= 4 is 12.2 Å². The first-order chi connectivity index (χ1) is 12.9. The Morgan fingerprint density at radius 1 is 1.15 bits per heavy atom. The van der Waals surface area contributed by atoms with E-state index < -0.39 is 5.82 Å². The summed E-state index contributed by atoms with van der Waals surface area (Å²) in [5.74, 6) is -0.0839. The molecular weight excluding hydrogens is 370 g/mol. The van der Waals surface area contributed by atoms with E-state index in [1.54, 1.807) is 46.6 Å². The Balaban J connectivity index is 1.80. The lowest BCUT2D eigenvalue weighted by Crippen LogP contribution is -2.22. The van der Waals surface area contributed by atoms with Gasteiger partial charge in [0.2, 0.25) is 0 Å².